The Kier molecular flexibility index (Phi) is 9.03. The summed E-state index contributed by atoms with van der Waals surface area (Å²) >= 11 is 0. The Hall–Kier alpha value is -5.00. The monoisotopic (exact) mass is 645 g/mol. The van der Waals surface area contributed by atoms with Crippen LogP contribution in [0.15, 0.2) is 54.3 Å². The predicted molar refractivity (Wildman–Crippen MR) is 153 cm³/mol. The van der Waals surface area contributed by atoms with Gasteiger partial charge in [-0.2, -0.15) is 13.2 Å². The fraction of sp³-hybridized carbons (Fsp3) is 0.333. The fourth-order valence-electron chi connectivity index (χ4n) is 4.52. The summed E-state index contributed by atoms with van der Waals surface area (Å²) in [4.78, 5) is 40.4. The number of anilines is 2. The van der Waals surface area contributed by atoms with Gasteiger partial charge < -0.3 is 14.8 Å². The van der Waals surface area contributed by atoms with E-state index < -0.39 is 39.5 Å². The van der Waals surface area contributed by atoms with E-state index in [1.807, 2.05) is 0 Å². The highest BCUT2D eigenvalue weighted by Gasteiger charge is 2.36. The summed E-state index contributed by atoms with van der Waals surface area (Å²) in [5.74, 6) is 0.120. The zero-order valence-electron chi connectivity index (χ0n) is 23.8. The Morgan fingerprint density at radius 2 is 1.64 bits per heavy atom. The second kappa shape index (κ2) is 12.9. The van der Waals surface area contributed by atoms with Crippen LogP contribution in [0.1, 0.15) is 31.2 Å². The van der Waals surface area contributed by atoms with Gasteiger partial charge in [-0.1, -0.05) is 0 Å². The molecule has 1 fully saturated rings. The van der Waals surface area contributed by atoms with Crippen molar-refractivity contribution in [3.8, 4) is 28.5 Å². The predicted octanol–water partition coefficient (Wildman–Crippen LogP) is 4.19. The van der Waals surface area contributed by atoms with E-state index in [1.165, 1.54) is 31.9 Å². The normalized spacial score (nSPS) is 16.9. The molecular weight excluding hydrogens is 619 g/mol. The maximum Gasteiger partial charge on any atom is 0.419 e. The molecule has 4 aromatic rings. The number of nitrogens with zero attached hydrogens (tertiary/aromatic N) is 7. The maximum absolute atomic E-state index is 13.8. The molecule has 5 rings (SSSR count). The molecule has 0 atom stereocenters. The Bertz CT molecular complexity index is 1770. The highest BCUT2D eigenvalue weighted by molar-refractivity contribution is 7.90. The van der Waals surface area contributed by atoms with Gasteiger partial charge in [0, 0.05) is 54.4 Å². The number of methoxy groups -OCH3 is 1. The topological polar surface area (TPSA) is 184 Å². The first-order valence-corrected chi connectivity index (χ1v) is 15.3. The molecule has 0 spiro atoms. The third kappa shape index (κ3) is 7.94. The maximum atomic E-state index is 13.8. The van der Waals surface area contributed by atoms with E-state index >= 15 is 0 Å². The quantitative estimate of drug-likeness (QED) is 0.278. The Labute approximate surface area is 254 Å². The van der Waals surface area contributed by atoms with Crippen LogP contribution >= 0.6 is 0 Å². The molecule has 0 saturated heterocycles. The molecule has 0 aromatic carbocycles. The van der Waals surface area contributed by atoms with E-state index in [0.29, 0.717) is 43.1 Å². The standard InChI is InChI=1S/C27H26F3N9O5S/c1-43-25-35-9-16(10-36-25)21-13-33-22(14-32-21)38-26(40)44-18-5-3-17(4-6-18)37-24-34-12-20(27(28,29)30)23(39-24)15-7-19(11-31-8-15)45(2,41)42/h7-14,17-18H,3-6H2,1-2H3,(H,33,38,40)(H,34,37,39)/t17-,18-. The lowest BCUT2D eigenvalue weighted by Crippen LogP contribution is -2.32. The molecule has 0 unspecified atom stereocenters. The first-order valence-electron chi connectivity index (χ1n) is 13.4. The molecule has 18 heteroatoms. The number of amides is 1. The molecule has 45 heavy (non-hydrogen) atoms. The van der Waals surface area contributed by atoms with Crippen molar-refractivity contribution in [3.05, 3.63) is 55.0 Å². The van der Waals surface area contributed by atoms with E-state index in [2.05, 4.69) is 45.5 Å². The summed E-state index contributed by atoms with van der Waals surface area (Å²) in [5.41, 5.74) is -0.643. The summed E-state index contributed by atoms with van der Waals surface area (Å²) in [6.45, 7) is 0. The third-order valence-corrected chi connectivity index (χ3v) is 7.86. The van der Waals surface area contributed by atoms with Gasteiger partial charge in [-0.05, 0) is 31.7 Å². The molecule has 1 saturated carbocycles. The first kappa shape index (κ1) is 31.4. The van der Waals surface area contributed by atoms with E-state index in [4.69, 9.17) is 9.47 Å². The molecule has 0 aliphatic heterocycles. The van der Waals surface area contributed by atoms with Crippen LogP contribution in [0.3, 0.4) is 0 Å². The average Bonchev–Trinajstić information content (AvgIpc) is 3.01. The molecule has 1 aliphatic rings. The fourth-order valence-corrected chi connectivity index (χ4v) is 5.11. The molecule has 1 amide bonds. The summed E-state index contributed by atoms with van der Waals surface area (Å²) in [6.07, 6.45) is 5.70. The van der Waals surface area contributed by atoms with Gasteiger partial charge >= 0.3 is 18.3 Å². The molecular formula is C27H26F3N9O5S. The van der Waals surface area contributed by atoms with Gasteiger partial charge in [0.25, 0.3) is 0 Å². The Morgan fingerprint density at radius 3 is 2.27 bits per heavy atom. The number of hydrogen-bond donors (Lipinski definition) is 2. The van der Waals surface area contributed by atoms with Gasteiger partial charge in [-0.3, -0.25) is 15.3 Å². The summed E-state index contributed by atoms with van der Waals surface area (Å²) in [5, 5.41) is 5.57. The molecule has 14 nitrogen and oxygen atoms in total. The second-order valence-corrected chi connectivity index (χ2v) is 12.0. The minimum Gasteiger partial charge on any atom is -0.467 e. The molecule has 4 heterocycles. The minimum atomic E-state index is -4.79. The summed E-state index contributed by atoms with van der Waals surface area (Å²) < 4.78 is 75.6. The number of hydrogen-bond acceptors (Lipinski definition) is 13. The first-order chi connectivity index (χ1) is 21.4. The van der Waals surface area contributed by atoms with Gasteiger partial charge in [0.05, 0.1) is 35.8 Å². The van der Waals surface area contributed by atoms with Gasteiger partial charge in [0.1, 0.15) is 11.7 Å². The van der Waals surface area contributed by atoms with Crippen LogP contribution in [-0.4, -0.2) is 74.9 Å². The smallest absolute Gasteiger partial charge is 0.419 e. The van der Waals surface area contributed by atoms with Gasteiger partial charge in [-0.15, -0.1) is 0 Å². The van der Waals surface area contributed by atoms with Crippen LogP contribution in [0.4, 0.5) is 29.7 Å². The Balaban J connectivity index is 1.17. The van der Waals surface area contributed by atoms with E-state index in [0.717, 1.165) is 24.7 Å². The summed E-state index contributed by atoms with van der Waals surface area (Å²) in [7, 11) is -2.26. The largest absolute Gasteiger partial charge is 0.467 e. The van der Waals surface area contributed by atoms with Crippen LogP contribution < -0.4 is 15.4 Å². The van der Waals surface area contributed by atoms with Gasteiger partial charge in [0.2, 0.25) is 5.95 Å². The number of rotatable bonds is 8. The highest BCUT2D eigenvalue weighted by Crippen LogP contribution is 2.36. The van der Waals surface area contributed by atoms with Crippen molar-refractivity contribution in [2.24, 2.45) is 0 Å². The second-order valence-electron chi connectivity index (χ2n) is 10.0. The van der Waals surface area contributed by atoms with Crippen LogP contribution in [0.5, 0.6) is 6.01 Å². The molecule has 0 bridgehead atoms. The number of carbonyl (C=O) groups excluding carboxylic acids is 1. The lowest BCUT2D eigenvalue weighted by atomic mass is 9.93. The lowest BCUT2D eigenvalue weighted by Gasteiger charge is -2.29. The van der Waals surface area contributed by atoms with E-state index in [1.54, 1.807) is 0 Å². The van der Waals surface area contributed by atoms with Crippen molar-refractivity contribution in [3.63, 3.8) is 0 Å². The van der Waals surface area contributed by atoms with Crippen LogP contribution in [0.25, 0.3) is 22.5 Å². The Morgan fingerprint density at radius 1 is 0.911 bits per heavy atom. The number of carbonyl (C=O) groups is 1. The highest BCUT2D eigenvalue weighted by atomic mass is 32.2. The SMILES string of the molecule is COc1ncc(-c2cnc(NC(=O)O[C@H]3CC[C@H](Nc4ncc(C(F)(F)F)c(-c5cncc(S(C)(=O)=O)c5)n4)CC3)cn2)cn1. The lowest BCUT2D eigenvalue weighted by molar-refractivity contribution is -0.137. The van der Waals surface area contributed by atoms with Crippen molar-refractivity contribution in [1.82, 2.24) is 34.9 Å². The number of nitrogens with one attached hydrogen (secondary N) is 2. The number of sulfone groups is 1. The van der Waals surface area contributed by atoms with Gasteiger partial charge in [-0.25, -0.2) is 38.1 Å². The van der Waals surface area contributed by atoms with Crippen LogP contribution in [0, 0.1) is 0 Å². The van der Waals surface area contributed by atoms with Crippen molar-refractivity contribution in [1.29, 1.82) is 0 Å². The molecule has 1 aliphatic carbocycles. The van der Waals surface area contributed by atoms with Crippen molar-refractivity contribution < 1.29 is 35.9 Å². The third-order valence-electron chi connectivity index (χ3n) is 6.78. The number of alkyl halides is 3. The number of aromatic nitrogens is 7. The van der Waals surface area contributed by atoms with Crippen molar-refractivity contribution >= 4 is 27.7 Å². The molecule has 236 valence electrons. The number of ether oxygens (including phenoxy) is 2. The van der Waals surface area contributed by atoms with Crippen LogP contribution in [-0.2, 0) is 20.8 Å². The number of pyridine rings is 1. The minimum absolute atomic E-state index is 0.0620. The molecule has 0 radical (unpaired) electrons. The zero-order valence-corrected chi connectivity index (χ0v) is 24.6. The van der Waals surface area contributed by atoms with Gasteiger partial charge in [0.15, 0.2) is 15.7 Å². The van der Waals surface area contributed by atoms with Crippen molar-refractivity contribution in [2.75, 3.05) is 24.0 Å². The van der Waals surface area contributed by atoms with Crippen molar-refractivity contribution in [2.45, 2.75) is 48.9 Å². The average molecular weight is 646 g/mol. The van der Waals surface area contributed by atoms with Crippen LogP contribution in [0.2, 0.25) is 0 Å². The van der Waals surface area contributed by atoms with E-state index in [9.17, 15) is 26.4 Å². The molecule has 2 N–H and O–H groups in total. The summed E-state index contributed by atoms with van der Waals surface area (Å²) in [6, 6.07) is 1.10. The van der Waals surface area contributed by atoms with E-state index in [-0.39, 0.29) is 34.3 Å². The zero-order chi connectivity index (χ0) is 32.2. The number of halogens is 3. The molecule has 4 aromatic heterocycles.